The predicted octanol–water partition coefficient (Wildman–Crippen LogP) is 6.27. The van der Waals surface area contributed by atoms with E-state index in [-0.39, 0.29) is 0 Å². The number of benzene rings is 4. The van der Waals surface area contributed by atoms with Crippen molar-refractivity contribution in [1.82, 2.24) is 13.7 Å². The molecule has 6 aromatic rings. The topological polar surface area (TPSA) is 67.4 Å². The lowest BCUT2D eigenvalue weighted by molar-refractivity contribution is 0.414. The van der Waals surface area contributed by atoms with E-state index in [1.165, 1.54) is 4.57 Å². The van der Waals surface area contributed by atoms with Crippen molar-refractivity contribution >= 4 is 22.6 Å². The third-order valence-corrected chi connectivity index (χ3v) is 7.08. The van der Waals surface area contributed by atoms with Crippen LogP contribution in [0.25, 0.3) is 39.4 Å². The lowest BCUT2D eigenvalue weighted by atomic mass is 10.1. The number of para-hydroxylation sites is 1. The Labute approximate surface area is 234 Å². The molecule has 0 N–H and O–H groups in total. The highest BCUT2D eigenvalue weighted by atomic mass is 35.5. The van der Waals surface area contributed by atoms with Crippen LogP contribution in [0.3, 0.4) is 0 Å². The van der Waals surface area contributed by atoms with Gasteiger partial charge in [-0.25, -0.2) is 9.36 Å². The quantitative estimate of drug-likeness (QED) is 0.245. The van der Waals surface area contributed by atoms with E-state index in [1.54, 1.807) is 79.5 Å². The molecule has 0 bridgehead atoms. The smallest absolute Gasteiger partial charge is 0.340 e. The molecule has 6 rings (SSSR count). The molecule has 0 atom stereocenters. The number of rotatable bonds is 6. The van der Waals surface area contributed by atoms with Gasteiger partial charge in [-0.3, -0.25) is 9.36 Å². The van der Waals surface area contributed by atoms with Gasteiger partial charge in [-0.1, -0.05) is 41.9 Å². The van der Waals surface area contributed by atoms with Crippen molar-refractivity contribution in [3.63, 3.8) is 0 Å². The molecule has 4 aromatic carbocycles. The SMILES string of the molecule is COc1ccc(-n2c(-c3ccc(Cl)cc3)cc3c2c(=O)n(-c2ccccc2)c(=O)n3-c2ccc(OC)cc2)cc1. The van der Waals surface area contributed by atoms with Crippen molar-refractivity contribution in [3.8, 4) is 39.8 Å². The number of halogens is 1. The fourth-order valence-electron chi connectivity index (χ4n) is 4.89. The van der Waals surface area contributed by atoms with Crippen molar-refractivity contribution in [3.05, 3.63) is 135 Å². The van der Waals surface area contributed by atoms with E-state index in [0.29, 0.717) is 38.9 Å². The van der Waals surface area contributed by atoms with Crippen molar-refractivity contribution in [1.29, 1.82) is 0 Å². The molecule has 0 amide bonds. The molecule has 40 heavy (non-hydrogen) atoms. The molecule has 198 valence electrons. The molecule has 0 unspecified atom stereocenters. The molecule has 0 aliphatic heterocycles. The molecule has 7 nitrogen and oxygen atoms in total. The molecular weight excluding hydrogens is 526 g/mol. The van der Waals surface area contributed by atoms with E-state index >= 15 is 0 Å². The zero-order valence-electron chi connectivity index (χ0n) is 21.7. The van der Waals surface area contributed by atoms with Gasteiger partial charge in [0.05, 0.1) is 36.8 Å². The molecule has 2 aromatic heterocycles. The van der Waals surface area contributed by atoms with E-state index in [1.807, 2.05) is 53.1 Å². The van der Waals surface area contributed by atoms with Crippen molar-refractivity contribution in [2.24, 2.45) is 0 Å². The highest BCUT2D eigenvalue weighted by Gasteiger charge is 2.23. The van der Waals surface area contributed by atoms with E-state index < -0.39 is 11.2 Å². The number of fused-ring (bicyclic) bond motifs is 1. The minimum atomic E-state index is -0.483. The van der Waals surface area contributed by atoms with Gasteiger partial charge in [-0.05, 0) is 84.4 Å². The number of ether oxygens (including phenoxy) is 2. The Hall–Kier alpha value is -5.01. The zero-order valence-corrected chi connectivity index (χ0v) is 22.5. The highest BCUT2D eigenvalue weighted by molar-refractivity contribution is 6.30. The van der Waals surface area contributed by atoms with Gasteiger partial charge < -0.3 is 14.0 Å². The van der Waals surface area contributed by atoms with Crippen LogP contribution in [0.15, 0.2) is 119 Å². The monoisotopic (exact) mass is 549 g/mol. The zero-order chi connectivity index (χ0) is 27.8. The molecule has 0 spiro atoms. The van der Waals surface area contributed by atoms with Gasteiger partial charge in [0.15, 0.2) is 0 Å². The van der Waals surface area contributed by atoms with Crippen LogP contribution >= 0.6 is 11.6 Å². The maximum absolute atomic E-state index is 14.3. The summed E-state index contributed by atoms with van der Waals surface area (Å²) in [7, 11) is 3.19. The van der Waals surface area contributed by atoms with Gasteiger partial charge in [-0.15, -0.1) is 0 Å². The second-order valence-electron chi connectivity index (χ2n) is 9.10. The number of hydrogen-bond donors (Lipinski definition) is 0. The van der Waals surface area contributed by atoms with Crippen LogP contribution in [-0.4, -0.2) is 27.9 Å². The Morgan fingerprint density at radius 3 is 1.68 bits per heavy atom. The van der Waals surface area contributed by atoms with E-state index in [2.05, 4.69) is 0 Å². The maximum Gasteiger partial charge on any atom is 0.340 e. The Morgan fingerprint density at radius 2 is 1.12 bits per heavy atom. The van der Waals surface area contributed by atoms with E-state index in [0.717, 1.165) is 16.9 Å². The Balaban J connectivity index is 1.79. The minimum Gasteiger partial charge on any atom is -0.497 e. The molecule has 8 heteroatoms. The summed E-state index contributed by atoms with van der Waals surface area (Å²) in [5, 5.41) is 0.595. The summed E-state index contributed by atoms with van der Waals surface area (Å²) in [5.41, 5.74) is 3.24. The average Bonchev–Trinajstić information content (AvgIpc) is 3.39. The summed E-state index contributed by atoms with van der Waals surface area (Å²) in [6.45, 7) is 0. The first-order valence-corrected chi connectivity index (χ1v) is 12.9. The largest absolute Gasteiger partial charge is 0.497 e. The van der Waals surface area contributed by atoms with E-state index in [9.17, 15) is 9.59 Å². The fourth-order valence-corrected chi connectivity index (χ4v) is 5.01. The summed E-state index contributed by atoms with van der Waals surface area (Å²) >= 11 is 6.20. The first kappa shape index (κ1) is 25.3. The van der Waals surface area contributed by atoms with Crippen LogP contribution in [-0.2, 0) is 0 Å². The summed E-state index contributed by atoms with van der Waals surface area (Å²) in [6.07, 6.45) is 0. The van der Waals surface area contributed by atoms with Gasteiger partial charge in [0.2, 0.25) is 0 Å². The lowest BCUT2D eigenvalue weighted by Gasteiger charge is -2.15. The molecule has 0 aliphatic rings. The van der Waals surface area contributed by atoms with Gasteiger partial charge in [-0.2, -0.15) is 0 Å². The van der Waals surface area contributed by atoms with E-state index in [4.69, 9.17) is 21.1 Å². The Bertz CT molecular complexity index is 1940. The van der Waals surface area contributed by atoms with Gasteiger partial charge in [0, 0.05) is 10.7 Å². The standard InChI is InChI=1S/C32H24ClN3O4/c1-39-26-16-12-24(13-17-26)34-28(21-8-10-22(33)11-9-21)20-29-30(34)31(37)36(23-6-4-3-5-7-23)32(38)35(29)25-14-18-27(40-2)19-15-25/h3-20H,1-2H3. The average molecular weight is 550 g/mol. The van der Waals surface area contributed by atoms with Gasteiger partial charge in [0.1, 0.15) is 17.0 Å². The van der Waals surface area contributed by atoms with Crippen LogP contribution in [0.4, 0.5) is 0 Å². The third-order valence-electron chi connectivity index (χ3n) is 6.83. The summed E-state index contributed by atoms with van der Waals surface area (Å²) < 4.78 is 15.3. The molecule has 0 saturated heterocycles. The number of methoxy groups -OCH3 is 2. The molecular formula is C32H24ClN3O4. The summed E-state index contributed by atoms with van der Waals surface area (Å²) in [5.74, 6) is 1.34. The summed E-state index contributed by atoms with van der Waals surface area (Å²) in [4.78, 5) is 28.4. The van der Waals surface area contributed by atoms with Crippen molar-refractivity contribution in [2.75, 3.05) is 14.2 Å². The molecule has 0 fully saturated rings. The fraction of sp³-hybridized carbons (Fsp3) is 0.0625. The summed E-state index contributed by atoms with van der Waals surface area (Å²) in [6, 6.07) is 32.8. The van der Waals surface area contributed by atoms with Crippen LogP contribution < -0.4 is 20.7 Å². The number of nitrogens with zero attached hydrogens (tertiary/aromatic N) is 3. The number of hydrogen-bond acceptors (Lipinski definition) is 4. The first-order valence-electron chi connectivity index (χ1n) is 12.5. The first-order chi connectivity index (χ1) is 19.5. The second-order valence-corrected chi connectivity index (χ2v) is 9.53. The lowest BCUT2D eigenvalue weighted by Crippen LogP contribution is -2.38. The maximum atomic E-state index is 14.3. The number of aromatic nitrogens is 3. The van der Waals surface area contributed by atoms with Crippen molar-refractivity contribution in [2.45, 2.75) is 0 Å². The predicted molar refractivity (Wildman–Crippen MR) is 158 cm³/mol. The van der Waals surface area contributed by atoms with Crippen molar-refractivity contribution < 1.29 is 9.47 Å². The molecule has 0 radical (unpaired) electrons. The Morgan fingerprint density at radius 1 is 0.600 bits per heavy atom. The van der Waals surface area contributed by atoms with Crippen LogP contribution in [0.2, 0.25) is 5.02 Å². The van der Waals surface area contributed by atoms with Crippen LogP contribution in [0.1, 0.15) is 0 Å². The van der Waals surface area contributed by atoms with Crippen LogP contribution in [0, 0.1) is 0 Å². The molecule has 0 aliphatic carbocycles. The third kappa shape index (κ3) is 4.26. The second kappa shape index (κ2) is 10.3. The van der Waals surface area contributed by atoms with Gasteiger partial charge in [0.25, 0.3) is 5.56 Å². The normalized spacial score (nSPS) is 11.1. The molecule has 0 saturated carbocycles. The minimum absolute atomic E-state index is 0.342. The van der Waals surface area contributed by atoms with Crippen LogP contribution in [0.5, 0.6) is 11.5 Å². The highest BCUT2D eigenvalue weighted by Crippen LogP contribution is 2.32. The van der Waals surface area contributed by atoms with Gasteiger partial charge >= 0.3 is 5.69 Å². The Kier molecular flexibility index (Phi) is 6.50. The molecule has 2 heterocycles.